The number of nitrogens with two attached hydrogens (primary N) is 1. The lowest BCUT2D eigenvalue weighted by Gasteiger charge is -2.22. The van der Waals surface area contributed by atoms with Gasteiger partial charge in [0.2, 0.25) is 5.91 Å². The van der Waals surface area contributed by atoms with E-state index in [0.29, 0.717) is 13.0 Å². The third-order valence-corrected chi connectivity index (χ3v) is 3.98. The SMILES string of the molecule is NC1(CC(=O)NCc2cccc(Br)c2)CCCC1. The zero-order chi connectivity index (χ0) is 13.0. The summed E-state index contributed by atoms with van der Waals surface area (Å²) < 4.78 is 1.03. The molecule has 0 spiro atoms. The number of halogens is 1. The first-order valence-corrected chi connectivity index (χ1v) is 7.17. The van der Waals surface area contributed by atoms with Crippen LogP contribution in [0, 0.1) is 0 Å². The molecule has 0 aliphatic heterocycles. The molecule has 1 aliphatic carbocycles. The van der Waals surface area contributed by atoms with Crippen LogP contribution in [0.15, 0.2) is 28.7 Å². The molecule has 3 nitrogen and oxygen atoms in total. The van der Waals surface area contributed by atoms with Crippen molar-refractivity contribution in [1.29, 1.82) is 0 Å². The van der Waals surface area contributed by atoms with Crippen molar-refractivity contribution in [3.05, 3.63) is 34.3 Å². The van der Waals surface area contributed by atoms with Gasteiger partial charge in [0.15, 0.2) is 0 Å². The van der Waals surface area contributed by atoms with Gasteiger partial charge < -0.3 is 11.1 Å². The smallest absolute Gasteiger partial charge is 0.222 e. The molecule has 1 aliphatic rings. The Labute approximate surface area is 116 Å². The highest BCUT2D eigenvalue weighted by Crippen LogP contribution is 2.29. The maximum absolute atomic E-state index is 11.9. The Balaban J connectivity index is 1.81. The second-order valence-corrected chi connectivity index (χ2v) is 6.07. The largest absolute Gasteiger partial charge is 0.352 e. The minimum Gasteiger partial charge on any atom is -0.352 e. The molecule has 98 valence electrons. The fourth-order valence-corrected chi connectivity index (χ4v) is 2.93. The summed E-state index contributed by atoms with van der Waals surface area (Å²) in [6.07, 6.45) is 4.68. The van der Waals surface area contributed by atoms with Crippen LogP contribution in [0.3, 0.4) is 0 Å². The van der Waals surface area contributed by atoms with E-state index >= 15 is 0 Å². The number of benzene rings is 1. The van der Waals surface area contributed by atoms with Gasteiger partial charge in [0.25, 0.3) is 0 Å². The molecule has 1 fully saturated rings. The van der Waals surface area contributed by atoms with Crippen LogP contribution in [0.25, 0.3) is 0 Å². The summed E-state index contributed by atoms with van der Waals surface area (Å²) >= 11 is 3.42. The van der Waals surface area contributed by atoms with Gasteiger partial charge in [-0.1, -0.05) is 40.9 Å². The predicted molar refractivity (Wildman–Crippen MR) is 76.0 cm³/mol. The zero-order valence-electron chi connectivity index (χ0n) is 10.4. The van der Waals surface area contributed by atoms with E-state index in [2.05, 4.69) is 21.2 Å². The van der Waals surface area contributed by atoms with E-state index in [4.69, 9.17) is 5.73 Å². The molecule has 1 aromatic carbocycles. The highest BCUT2D eigenvalue weighted by atomic mass is 79.9. The van der Waals surface area contributed by atoms with Gasteiger partial charge in [0.1, 0.15) is 0 Å². The van der Waals surface area contributed by atoms with E-state index in [1.165, 1.54) is 0 Å². The molecule has 3 N–H and O–H groups in total. The van der Waals surface area contributed by atoms with Gasteiger partial charge >= 0.3 is 0 Å². The van der Waals surface area contributed by atoms with Crippen molar-refractivity contribution in [3.8, 4) is 0 Å². The number of hydrogen-bond donors (Lipinski definition) is 2. The average Bonchev–Trinajstić information content (AvgIpc) is 2.73. The highest BCUT2D eigenvalue weighted by Gasteiger charge is 2.31. The van der Waals surface area contributed by atoms with Crippen LogP contribution >= 0.6 is 15.9 Å². The molecular formula is C14H19BrN2O. The van der Waals surface area contributed by atoms with Crippen LogP contribution in [0.4, 0.5) is 0 Å². The normalized spacial score (nSPS) is 17.7. The van der Waals surface area contributed by atoms with Crippen LogP contribution in [0.5, 0.6) is 0 Å². The molecule has 1 saturated carbocycles. The van der Waals surface area contributed by atoms with Crippen molar-refractivity contribution < 1.29 is 4.79 Å². The molecule has 0 heterocycles. The molecule has 0 atom stereocenters. The Kier molecular flexibility index (Phi) is 4.40. The summed E-state index contributed by atoms with van der Waals surface area (Å²) in [6, 6.07) is 7.94. The zero-order valence-corrected chi connectivity index (χ0v) is 12.0. The summed E-state index contributed by atoms with van der Waals surface area (Å²) in [6.45, 7) is 0.564. The first-order valence-electron chi connectivity index (χ1n) is 6.37. The molecule has 18 heavy (non-hydrogen) atoms. The quantitative estimate of drug-likeness (QED) is 0.898. The number of hydrogen-bond acceptors (Lipinski definition) is 2. The summed E-state index contributed by atoms with van der Waals surface area (Å²) in [7, 11) is 0. The van der Waals surface area contributed by atoms with Crippen molar-refractivity contribution in [3.63, 3.8) is 0 Å². The van der Waals surface area contributed by atoms with E-state index in [9.17, 15) is 4.79 Å². The minimum absolute atomic E-state index is 0.0550. The maximum Gasteiger partial charge on any atom is 0.222 e. The summed E-state index contributed by atoms with van der Waals surface area (Å²) in [5.74, 6) is 0.0550. The Morgan fingerprint density at radius 1 is 1.39 bits per heavy atom. The Morgan fingerprint density at radius 3 is 2.78 bits per heavy atom. The number of amides is 1. The standard InChI is InChI=1S/C14H19BrN2O/c15-12-5-3-4-11(8-12)10-17-13(18)9-14(16)6-1-2-7-14/h3-5,8H,1-2,6-7,9-10,16H2,(H,17,18). The molecular weight excluding hydrogens is 292 g/mol. The monoisotopic (exact) mass is 310 g/mol. The van der Waals surface area contributed by atoms with Gasteiger partial charge in [-0.05, 0) is 30.5 Å². The van der Waals surface area contributed by atoms with E-state index in [-0.39, 0.29) is 11.4 Å². The van der Waals surface area contributed by atoms with Crippen LogP contribution < -0.4 is 11.1 Å². The fraction of sp³-hybridized carbons (Fsp3) is 0.500. The summed E-state index contributed by atoms with van der Waals surface area (Å²) in [4.78, 5) is 11.9. The van der Waals surface area contributed by atoms with E-state index < -0.39 is 0 Å². The van der Waals surface area contributed by atoms with Crippen LogP contribution in [-0.4, -0.2) is 11.4 Å². The van der Waals surface area contributed by atoms with Crippen molar-refractivity contribution in [2.75, 3.05) is 0 Å². The maximum atomic E-state index is 11.9. The molecule has 1 aromatic rings. The number of carbonyl (C=O) groups is 1. The Bertz CT molecular complexity index is 428. The predicted octanol–water partition coefficient (Wildman–Crippen LogP) is 2.73. The Morgan fingerprint density at radius 2 is 2.11 bits per heavy atom. The van der Waals surface area contributed by atoms with Crippen molar-refractivity contribution in [2.24, 2.45) is 5.73 Å². The van der Waals surface area contributed by atoms with Crippen molar-refractivity contribution in [2.45, 2.75) is 44.2 Å². The third kappa shape index (κ3) is 3.82. The molecule has 0 radical (unpaired) electrons. The number of rotatable bonds is 4. The second-order valence-electron chi connectivity index (χ2n) is 5.15. The summed E-state index contributed by atoms with van der Waals surface area (Å²) in [5.41, 5.74) is 7.01. The van der Waals surface area contributed by atoms with Gasteiger partial charge in [-0.2, -0.15) is 0 Å². The molecule has 0 aromatic heterocycles. The molecule has 1 amide bonds. The van der Waals surface area contributed by atoms with Crippen LogP contribution in [-0.2, 0) is 11.3 Å². The first-order chi connectivity index (χ1) is 8.57. The van der Waals surface area contributed by atoms with E-state index in [1.54, 1.807) is 0 Å². The van der Waals surface area contributed by atoms with Gasteiger partial charge in [-0.25, -0.2) is 0 Å². The lowest BCUT2D eigenvalue weighted by atomic mass is 9.94. The van der Waals surface area contributed by atoms with Crippen LogP contribution in [0.2, 0.25) is 0 Å². The number of nitrogens with one attached hydrogen (secondary N) is 1. The van der Waals surface area contributed by atoms with Gasteiger partial charge in [-0.15, -0.1) is 0 Å². The fourth-order valence-electron chi connectivity index (χ4n) is 2.49. The highest BCUT2D eigenvalue weighted by molar-refractivity contribution is 9.10. The minimum atomic E-state index is -0.263. The lowest BCUT2D eigenvalue weighted by molar-refractivity contribution is -0.122. The Hall–Kier alpha value is -0.870. The number of carbonyl (C=O) groups excluding carboxylic acids is 1. The van der Waals surface area contributed by atoms with Crippen LogP contribution in [0.1, 0.15) is 37.7 Å². The third-order valence-electron chi connectivity index (χ3n) is 3.49. The molecule has 0 saturated heterocycles. The lowest BCUT2D eigenvalue weighted by Crippen LogP contribution is -2.41. The topological polar surface area (TPSA) is 55.1 Å². The van der Waals surface area contributed by atoms with E-state index in [0.717, 1.165) is 35.7 Å². The van der Waals surface area contributed by atoms with E-state index in [1.807, 2.05) is 24.3 Å². The van der Waals surface area contributed by atoms with Gasteiger partial charge in [-0.3, -0.25) is 4.79 Å². The van der Waals surface area contributed by atoms with Gasteiger partial charge in [0, 0.05) is 23.0 Å². The molecule has 0 unspecified atom stereocenters. The molecule has 2 rings (SSSR count). The molecule has 0 bridgehead atoms. The average molecular weight is 311 g/mol. The first kappa shape index (κ1) is 13.6. The summed E-state index contributed by atoms with van der Waals surface area (Å²) in [5, 5.41) is 2.94. The van der Waals surface area contributed by atoms with Gasteiger partial charge in [0.05, 0.1) is 0 Å². The van der Waals surface area contributed by atoms with Crippen molar-refractivity contribution in [1.82, 2.24) is 5.32 Å². The molecule has 4 heteroatoms. The van der Waals surface area contributed by atoms with Crippen molar-refractivity contribution >= 4 is 21.8 Å². The second kappa shape index (κ2) is 5.85.